The predicted octanol–water partition coefficient (Wildman–Crippen LogP) is 2.87. The normalized spacial score (nSPS) is 10.9. The molecule has 0 bridgehead atoms. The van der Waals surface area contributed by atoms with E-state index in [2.05, 4.69) is 10.3 Å². The van der Waals surface area contributed by atoms with Crippen molar-refractivity contribution in [3.05, 3.63) is 41.5 Å². The summed E-state index contributed by atoms with van der Waals surface area (Å²) in [7, 11) is 0. The van der Waals surface area contributed by atoms with Crippen LogP contribution in [-0.2, 0) is 6.54 Å². The number of oxazole rings is 1. The van der Waals surface area contributed by atoms with Crippen LogP contribution in [0.2, 0.25) is 0 Å². The van der Waals surface area contributed by atoms with Crippen LogP contribution in [0.15, 0.2) is 22.8 Å². The zero-order chi connectivity index (χ0) is 13.1. The fourth-order valence-corrected chi connectivity index (χ4v) is 1.50. The maximum Gasteiger partial charge on any atom is 0.232 e. The first kappa shape index (κ1) is 12.6. The maximum absolute atomic E-state index is 13.5. The molecule has 1 N–H and O–H groups in total. The summed E-state index contributed by atoms with van der Waals surface area (Å²) in [5, 5.41) is 3.00. The Morgan fingerprint density at radius 2 is 1.89 bits per heavy atom. The molecule has 0 saturated heterocycles. The van der Waals surface area contributed by atoms with E-state index in [0.29, 0.717) is 24.4 Å². The SMILES string of the molecule is CCNCc1coc(-c2c(F)cc(F)cc2F)n1. The van der Waals surface area contributed by atoms with E-state index in [1.54, 1.807) is 0 Å². The zero-order valence-corrected chi connectivity index (χ0v) is 9.64. The number of nitrogens with one attached hydrogen (secondary N) is 1. The van der Waals surface area contributed by atoms with Gasteiger partial charge < -0.3 is 9.73 Å². The third kappa shape index (κ3) is 2.53. The Morgan fingerprint density at radius 1 is 1.22 bits per heavy atom. The van der Waals surface area contributed by atoms with Gasteiger partial charge in [-0.25, -0.2) is 18.2 Å². The summed E-state index contributed by atoms with van der Waals surface area (Å²) in [6.45, 7) is 3.09. The quantitative estimate of drug-likeness (QED) is 0.914. The van der Waals surface area contributed by atoms with Gasteiger partial charge in [0.15, 0.2) is 0 Å². The zero-order valence-electron chi connectivity index (χ0n) is 9.64. The molecule has 0 aliphatic heterocycles. The van der Waals surface area contributed by atoms with Crippen LogP contribution in [-0.4, -0.2) is 11.5 Å². The van der Waals surface area contributed by atoms with Crippen molar-refractivity contribution in [3.63, 3.8) is 0 Å². The number of rotatable bonds is 4. The fraction of sp³-hybridized carbons (Fsp3) is 0.250. The average Bonchev–Trinajstić information content (AvgIpc) is 2.73. The van der Waals surface area contributed by atoms with Crippen molar-refractivity contribution >= 4 is 0 Å². The summed E-state index contributed by atoms with van der Waals surface area (Å²) in [6, 6.07) is 1.18. The van der Waals surface area contributed by atoms with Crippen LogP contribution in [0.5, 0.6) is 0 Å². The standard InChI is InChI=1S/C12H11F3N2O/c1-2-16-5-8-6-18-12(17-8)11-9(14)3-7(13)4-10(11)15/h3-4,6,16H,2,5H2,1H3. The van der Waals surface area contributed by atoms with Crippen LogP contribution in [0.4, 0.5) is 13.2 Å². The van der Waals surface area contributed by atoms with E-state index in [1.165, 1.54) is 6.26 Å². The Labute approximate surface area is 102 Å². The Morgan fingerprint density at radius 3 is 2.50 bits per heavy atom. The molecule has 0 aliphatic carbocycles. The summed E-state index contributed by atoms with van der Waals surface area (Å²) < 4.78 is 44.7. The molecule has 1 aromatic carbocycles. The van der Waals surface area contributed by atoms with Crippen molar-refractivity contribution in [2.24, 2.45) is 0 Å². The van der Waals surface area contributed by atoms with Crippen molar-refractivity contribution < 1.29 is 17.6 Å². The molecule has 0 amide bonds. The molecule has 0 aliphatic rings. The van der Waals surface area contributed by atoms with Gasteiger partial charge in [-0.05, 0) is 6.54 Å². The Balaban J connectivity index is 2.34. The van der Waals surface area contributed by atoms with Gasteiger partial charge in [0.2, 0.25) is 5.89 Å². The molecule has 0 spiro atoms. The van der Waals surface area contributed by atoms with E-state index < -0.39 is 23.0 Å². The molecule has 2 rings (SSSR count). The lowest BCUT2D eigenvalue weighted by atomic mass is 10.2. The van der Waals surface area contributed by atoms with E-state index >= 15 is 0 Å². The molecule has 6 heteroatoms. The van der Waals surface area contributed by atoms with Crippen LogP contribution < -0.4 is 5.32 Å². The highest BCUT2D eigenvalue weighted by molar-refractivity contribution is 5.55. The van der Waals surface area contributed by atoms with Gasteiger partial charge in [0.25, 0.3) is 0 Å². The third-order valence-corrected chi connectivity index (χ3v) is 2.33. The molecule has 0 saturated carbocycles. The number of hydrogen-bond donors (Lipinski definition) is 1. The molecule has 96 valence electrons. The number of hydrogen-bond acceptors (Lipinski definition) is 3. The number of aromatic nitrogens is 1. The number of nitrogens with zero attached hydrogens (tertiary/aromatic N) is 1. The molecule has 0 unspecified atom stereocenters. The van der Waals surface area contributed by atoms with Crippen molar-refractivity contribution in [2.45, 2.75) is 13.5 Å². The van der Waals surface area contributed by atoms with Crippen LogP contribution >= 0.6 is 0 Å². The van der Waals surface area contributed by atoms with E-state index in [-0.39, 0.29) is 5.89 Å². The van der Waals surface area contributed by atoms with Gasteiger partial charge in [-0.3, -0.25) is 0 Å². The minimum atomic E-state index is -1.04. The molecule has 3 nitrogen and oxygen atoms in total. The van der Waals surface area contributed by atoms with Gasteiger partial charge in [-0.15, -0.1) is 0 Å². The van der Waals surface area contributed by atoms with Crippen molar-refractivity contribution in [1.82, 2.24) is 10.3 Å². The maximum atomic E-state index is 13.5. The summed E-state index contributed by atoms with van der Waals surface area (Å²) in [5.74, 6) is -3.25. The van der Waals surface area contributed by atoms with Crippen molar-refractivity contribution in [2.75, 3.05) is 6.54 Å². The first-order valence-electron chi connectivity index (χ1n) is 5.42. The molecule has 0 atom stereocenters. The van der Waals surface area contributed by atoms with Gasteiger partial charge in [0.05, 0.1) is 5.69 Å². The largest absolute Gasteiger partial charge is 0.444 e. The number of benzene rings is 1. The highest BCUT2D eigenvalue weighted by atomic mass is 19.1. The van der Waals surface area contributed by atoms with Gasteiger partial charge in [-0.2, -0.15) is 0 Å². The minimum absolute atomic E-state index is 0.196. The lowest BCUT2D eigenvalue weighted by Crippen LogP contribution is -2.11. The number of halogens is 3. The Bertz CT molecular complexity index is 531. The summed E-state index contributed by atoms with van der Waals surface area (Å²) >= 11 is 0. The van der Waals surface area contributed by atoms with Crippen molar-refractivity contribution in [1.29, 1.82) is 0 Å². The Kier molecular flexibility index (Phi) is 3.66. The predicted molar refractivity (Wildman–Crippen MR) is 59.2 cm³/mol. The van der Waals surface area contributed by atoms with Gasteiger partial charge in [-0.1, -0.05) is 6.92 Å². The van der Waals surface area contributed by atoms with E-state index in [9.17, 15) is 13.2 Å². The van der Waals surface area contributed by atoms with Crippen LogP contribution in [0, 0.1) is 17.5 Å². The third-order valence-electron chi connectivity index (χ3n) is 2.33. The van der Waals surface area contributed by atoms with Gasteiger partial charge in [0.1, 0.15) is 29.3 Å². The monoisotopic (exact) mass is 256 g/mol. The summed E-state index contributed by atoms with van der Waals surface area (Å²) in [4.78, 5) is 3.94. The lowest BCUT2D eigenvalue weighted by Gasteiger charge is -2.00. The smallest absolute Gasteiger partial charge is 0.232 e. The highest BCUT2D eigenvalue weighted by Crippen LogP contribution is 2.26. The summed E-state index contributed by atoms with van der Waals surface area (Å²) in [6.07, 6.45) is 1.31. The second-order valence-electron chi connectivity index (χ2n) is 3.67. The first-order valence-corrected chi connectivity index (χ1v) is 5.42. The molecule has 1 heterocycles. The van der Waals surface area contributed by atoms with E-state index in [0.717, 1.165) is 6.54 Å². The lowest BCUT2D eigenvalue weighted by molar-refractivity contribution is 0.524. The molecule has 1 aromatic heterocycles. The topological polar surface area (TPSA) is 38.1 Å². The van der Waals surface area contributed by atoms with Crippen LogP contribution in [0.3, 0.4) is 0 Å². The van der Waals surface area contributed by atoms with Gasteiger partial charge >= 0.3 is 0 Å². The average molecular weight is 256 g/mol. The summed E-state index contributed by atoms with van der Waals surface area (Å²) in [5.41, 5.74) is 0.0640. The molecular weight excluding hydrogens is 245 g/mol. The minimum Gasteiger partial charge on any atom is -0.444 e. The second-order valence-corrected chi connectivity index (χ2v) is 3.67. The first-order chi connectivity index (χ1) is 8.61. The van der Waals surface area contributed by atoms with Crippen molar-refractivity contribution in [3.8, 4) is 11.5 Å². The molecule has 18 heavy (non-hydrogen) atoms. The molecule has 2 aromatic rings. The van der Waals surface area contributed by atoms with Crippen LogP contribution in [0.1, 0.15) is 12.6 Å². The molecule has 0 fully saturated rings. The van der Waals surface area contributed by atoms with Crippen LogP contribution in [0.25, 0.3) is 11.5 Å². The molecule has 0 radical (unpaired) electrons. The van der Waals surface area contributed by atoms with E-state index in [4.69, 9.17) is 4.42 Å². The fourth-order valence-electron chi connectivity index (χ4n) is 1.50. The van der Waals surface area contributed by atoms with E-state index in [1.807, 2.05) is 6.92 Å². The highest BCUT2D eigenvalue weighted by Gasteiger charge is 2.18. The van der Waals surface area contributed by atoms with Gasteiger partial charge in [0, 0.05) is 18.7 Å². The second kappa shape index (κ2) is 5.22. The Hall–Kier alpha value is -1.82. The molecular formula is C12H11F3N2O.